The minimum absolute atomic E-state index is 0.331. The van der Waals surface area contributed by atoms with Gasteiger partial charge in [-0.1, -0.05) is 6.07 Å². The molecule has 0 unspecified atom stereocenters. The summed E-state index contributed by atoms with van der Waals surface area (Å²) in [5.74, 6) is 0. The van der Waals surface area contributed by atoms with Gasteiger partial charge < -0.3 is 8.83 Å². The van der Waals surface area contributed by atoms with E-state index >= 15 is 0 Å². The molecule has 2 heterocycles. The van der Waals surface area contributed by atoms with Gasteiger partial charge in [0.15, 0.2) is 0 Å². The van der Waals surface area contributed by atoms with Gasteiger partial charge in [-0.05, 0) is 42.1 Å². The Morgan fingerprint density at radius 2 is 1.89 bits per heavy atom. The standard InChI is InChI=1S/C16H10O3/c1-9-8-10-2-4-13-11(3-5-14(17)19-13)15(10)12-6-7-18-16(9)12/h2-8H,1H3. The SMILES string of the molecule is Cc1cc2ccc3oc(=O)ccc3c2c2ccoc12. The third-order valence-electron chi connectivity index (χ3n) is 3.50. The molecule has 92 valence electrons. The van der Waals surface area contributed by atoms with Gasteiger partial charge in [0.2, 0.25) is 0 Å². The molecule has 2 aromatic heterocycles. The van der Waals surface area contributed by atoms with Gasteiger partial charge in [0.05, 0.1) is 6.26 Å². The second kappa shape index (κ2) is 3.48. The van der Waals surface area contributed by atoms with Crippen molar-refractivity contribution in [2.24, 2.45) is 0 Å². The van der Waals surface area contributed by atoms with Crippen molar-refractivity contribution in [3.8, 4) is 0 Å². The Bertz CT molecular complexity index is 989. The molecule has 0 saturated heterocycles. The number of furan rings is 1. The van der Waals surface area contributed by atoms with Crippen molar-refractivity contribution in [1.29, 1.82) is 0 Å². The van der Waals surface area contributed by atoms with Crippen molar-refractivity contribution in [3.63, 3.8) is 0 Å². The molecule has 0 atom stereocenters. The van der Waals surface area contributed by atoms with E-state index in [9.17, 15) is 4.79 Å². The number of benzene rings is 2. The third kappa shape index (κ3) is 1.35. The van der Waals surface area contributed by atoms with E-state index in [1.165, 1.54) is 6.07 Å². The Morgan fingerprint density at radius 1 is 1.00 bits per heavy atom. The van der Waals surface area contributed by atoms with Crippen LogP contribution in [-0.4, -0.2) is 0 Å². The highest BCUT2D eigenvalue weighted by Crippen LogP contribution is 2.33. The van der Waals surface area contributed by atoms with Gasteiger partial charge in [-0.2, -0.15) is 0 Å². The smallest absolute Gasteiger partial charge is 0.336 e. The molecule has 0 amide bonds. The van der Waals surface area contributed by atoms with Gasteiger partial charge in [0, 0.05) is 22.2 Å². The third-order valence-corrected chi connectivity index (χ3v) is 3.50. The van der Waals surface area contributed by atoms with E-state index in [2.05, 4.69) is 6.07 Å². The highest BCUT2D eigenvalue weighted by molar-refractivity contribution is 6.18. The summed E-state index contributed by atoms with van der Waals surface area (Å²) in [6, 6.07) is 11.1. The molecule has 2 aromatic carbocycles. The number of hydrogen-bond donors (Lipinski definition) is 0. The summed E-state index contributed by atoms with van der Waals surface area (Å²) in [5.41, 5.74) is 2.25. The molecule has 19 heavy (non-hydrogen) atoms. The van der Waals surface area contributed by atoms with Gasteiger partial charge in [0.1, 0.15) is 11.2 Å². The minimum atomic E-state index is -0.331. The summed E-state index contributed by atoms with van der Waals surface area (Å²) in [5, 5.41) is 4.17. The van der Waals surface area contributed by atoms with Crippen molar-refractivity contribution >= 4 is 32.7 Å². The van der Waals surface area contributed by atoms with Crippen molar-refractivity contribution in [2.75, 3.05) is 0 Å². The predicted molar refractivity (Wildman–Crippen MR) is 74.5 cm³/mol. The zero-order valence-corrected chi connectivity index (χ0v) is 10.3. The molecule has 0 bridgehead atoms. The van der Waals surface area contributed by atoms with Crippen LogP contribution < -0.4 is 5.63 Å². The van der Waals surface area contributed by atoms with Gasteiger partial charge in [-0.25, -0.2) is 4.79 Å². The Morgan fingerprint density at radius 3 is 2.79 bits per heavy atom. The average Bonchev–Trinajstić information content (AvgIpc) is 2.88. The van der Waals surface area contributed by atoms with Crippen molar-refractivity contribution in [3.05, 3.63) is 58.6 Å². The first-order valence-electron chi connectivity index (χ1n) is 6.07. The molecule has 4 rings (SSSR count). The van der Waals surface area contributed by atoms with Gasteiger partial charge in [-0.3, -0.25) is 0 Å². The lowest BCUT2D eigenvalue weighted by Crippen LogP contribution is -1.94. The highest BCUT2D eigenvalue weighted by atomic mass is 16.4. The fourth-order valence-corrected chi connectivity index (χ4v) is 2.70. The molecule has 0 radical (unpaired) electrons. The van der Waals surface area contributed by atoms with Crippen LogP contribution in [0.1, 0.15) is 5.56 Å². The van der Waals surface area contributed by atoms with Crippen LogP contribution in [0.4, 0.5) is 0 Å². The van der Waals surface area contributed by atoms with Crippen LogP contribution in [0.5, 0.6) is 0 Å². The summed E-state index contributed by atoms with van der Waals surface area (Å²) in [4.78, 5) is 11.3. The lowest BCUT2D eigenvalue weighted by atomic mass is 10.00. The first-order valence-corrected chi connectivity index (χ1v) is 6.07. The van der Waals surface area contributed by atoms with Gasteiger partial charge >= 0.3 is 5.63 Å². The summed E-state index contributed by atoms with van der Waals surface area (Å²) < 4.78 is 10.8. The Labute approximate surface area is 108 Å². The van der Waals surface area contributed by atoms with Crippen molar-refractivity contribution in [2.45, 2.75) is 6.92 Å². The molecule has 0 N–H and O–H groups in total. The molecule has 3 nitrogen and oxygen atoms in total. The van der Waals surface area contributed by atoms with E-state index < -0.39 is 0 Å². The highest BCUT2D eigenvalue weighted by Gasteiger charge is 2.10. The van der Waals surface area contributed by atoms with Crippen LogP contribution in [0.25, 0.3) is 32.7 Å². The fourth-order valence-electron chi connectivity index (χ4n) is 2.70. The van der Waals surface area contributed by atoms with Gasteiger partial charge in [0.25, 0.3) is 0 Å². The van der Waals surface area contributed by atoms with Crippen molar-refractivity contribution in [1.82, 2.24) is 0 Å². The topological polar surface area (TPSA) is 43.4 Å². The fraction of sp³-hybridized carbons (Fsp3) is 0.0625. The Kier molecular flexibility index (Phi) is 1.90. The molecule has 0 aliphatic rings. The van der Waals surface area contributed by atoms with E-state index in [4.69, 9.17) is 8.83 Å². The molecule has 3 heteroatoms. The van der Waals surface area contributed by atoms with Crippen LogP contribution in [0.15, 0.2) is 56.3 Å². The molecule has 0 aliphatic heterocycles. The minimum Gasteiger partial charge on any atom is -0.464 e. The van der Waals surface area contributed by atoms with E-state index in [0.717, 1.165) is 32.7 Å². The first-order chi connectivity index (χ1) is 9.24. The zero-order valence-electron chi connectivity index (χ0n) is 10.3. The summed E-state index contributed by atoms with van der Waals surface area (Å²) >= 11 is 0. The van der Waals surface area contributed by atoms with E-state index in [0.29, 0.717) is 5.58 Å². The molecule has 0 aliphatic carbocycles. The maximum Gasteiger partial charge on any atom is 0.336 e. The second-order valence-electron chi connectivity index (χ2n) is 4.69. The maximum atomic E-state index is 11.3. The summed E-state index contributed by atoms with van der Waals surface area (Å²) in [7, 11) is 0. The van der Waals surface area contributed by atoms with Crippen LogP contribution in [-0.2, 0) is 0 Å². The molecule has 0 spiro atoms. The van der Waals surface area contributed by atoms with Crippen LogP contribution >= 0.6 is 0 Å². The first kappa shape index (κ1) is 10.4. The largest absolute Gasteiger partial charge is 0.464 e. The lowest BCUT2D eigenvalue weighted by Gasteiger charge is -2.05. The monoisotopic (exact) mass is 250 g/mol. The maximum absolute atomic E-state index is 11.3. The summed E-state index contributed by atoms with van der Waals surface area (Å²) in [6.07, 6.45) is 1.69. The number of aryl methyl sites for hydroxylation is 1. The van der Waals surface area contributed by atoms with E-state index in [1.807, 2.05) is 31.2 Å². The number of rotatable bonds is 0. The normalized spacial score (nSPS) is 11.6. The van der Waals surface area contributed by atoms with Gasteiger partial charge in [-0.15, -0.1) is 0 Å². The molecular weight excluding hydrogens is 240 g/mol. The zero-order chi connectivity index (χ0) is 13.0. The van der Waals surface area contributed by atoms with Crippen molar-refractivity contribution < 1.29 is 8.83 Å². The molecule has 0 fully saturated rings. The second-order valence-corrected chi connectivity index (χ2v) is 4.69. The summed E-state index contributed by atoms with van der Waals surface area (Å²) in [6.45, 7) is 2.03. The van der Waals surface area contributed by atoms with E-state index in [1.54, 1.807) is 6.26 Å². The number of fused-ring (bicyclic) bond motifs is 5. The number of hydrogen-bond acceptors (Lipinski definition) is 3. The predicted octanol–water partition coefficient (Wildman–Crippen LogP) is 4.00. The van der Waals surface area contributed by atoms with Crippen LogP contribution in [0.3, 0.4) is 0 Å². The Balaban J connectivity index is 2.38. The van der Waals surface area contributed by atoms with E-state index in [-0.39, 0.29) is 5.63 Å². The molecule has 4 aromatic rings. The molecule has 0 saturated carbocycles. The lowest BCUT2D eigenvalue weighted by molar-refractivity contribution is 0.561. The van der Waals surface area contributed by atoms with Crippen LogP contribution in [0.2, 0.25) is 0 Å². The molecular formula is C16H10O3. The quantitative estimate of drug-likeness (QED) is 0.350. The Hall–Kier alpha value is -2.55. The average molecular weight is 250 g/mol. The van der Waals surface area contributed by atoms with Crippen LogP contribution in [0, 0.1) is 6.92 Å².